The molecule has 1 fully saturated rings. The van der Waals surface area contributed by atoms with Gasteiger partial charge in [-0.2, -0.15) is 0 Å². The van der Waals surface area contributed by atoms with Gasteiger partial charge in [0.2, 0.25) is 0 Å². The summed E-state index contributed by atoms with van der Waals surface area (Å²) in [6, 6.07) is 1.90. The van der Waals surface area contributed by atoms with E-state index in [2.05, 4.69) is 15.1 Å². The number of nitrogens with zero attached hydrogens (tertiary/aromatic N) is 2. The van der Waals surface area contributed by atoms with E-state index < -0.39 is 23.5 Å². The first-order chi connectivity index (χ1) is 9.95. The number of likely N-dealkylation sites (N-methyl/N-ethyl adjacent to an activating group) is 3. The van der Waals surface area contributed by atoms with Crippen LogP contribution < -0.4 is 5.32 Å². The zero-order chi connectivity index (χ0) is 15.6. The molecule has 0 aliphatic carbocycles. The Hall–Kier alpha value is -1.11. The van der Waals surface area contributed by atoms with Crippen molar-refractivity contribution < 1.29 is 13.2 Å². The smallest absolute Gasteiger partial charge is 0.194 e. The van der Waals surface area contributed by atoms with E-state index in [-0.39, 0.29) is 11.6 Å². The molecular formula is C15H22F3N3. The lowest BCUT2D eigenvalue weighted by Crippen LogP contribution is -2.46. The third kappa shape index (κ3) is 3.39. The van der Waals surface area contributed by atoms with Gasteiger partial charge in [0.15, 0.2) is 17.5 Å². The highest BCUT2D eigenvalue weighted by atomic mass is 19.2. The summed E-state index contributed by atoms with van der Waals surface area (Å²) in [5, 5.41) is 3.06. The Bertz CT molecular complexity index is 495. The predicted octanol–water partition coefficient (Wildman–Crippen LogP) is 2.00. The van der Waals surface area contributed by atoms with Crippen LogP contribution in [0.5, 0.6) is 0 Å². The molecule has 0 bridgehead atoms. The van der Waals surface area contributed by atoms with E-state index in [1.165, 1.54) is 6.07 Å². The van der Waals surface area contributed by atoms with Gasteiger partial charge in [0.1, 0.15) is 0 Å². The van der Waals surface area contributed by atoms with Crippen molar-refractivity contribution in [2.75, 3.05) is 40.8 Å². The summed E-state index contributed by atoms with van der Waals surface area (Å²) in [5.41, 5.74) is 0.170. The molecule has 1 saturated heterocycles. The summed E-state index contributed by atoms with van der Waals surface area (Å²) in [6.45, 7) is 2.59. The van der Waals surface area contributed by atoms with Crippen LogP contribution in [0, 0.1) is 17.5 Å². The van der Waals surface area contributed by atoms with Gasteiger partial charge in [-0.1, -0.05) is 6.07 Å². The van der Waals surface area contributed by atoms with Crippen molar-refractivity contribution in [2.45, 2.75) is 18.5 Å². The molecule has 0 aromatic heterocycles. The second kappa shape index (κ2) is 6.77. The molecule has 0 spiro atoms. The van der Waals surface area contributed by atoms with Crippen LogP contribution in [-0.4, -0.2) is 56.6 Å². The highest BCUT2D eigenvalue weighted by Crippen LogP contribution is 2.27. The number of halogens is 3. The lowest BCUT2D eigenvalue weighted by molar-refractivity contribution is 0.180. The maximum absolute atomic E-state index is 14.1. The van der Waals surface area contributed by atoms with Crippen LogP contribution in [-0.2, 0) is 0 Å². The van der Waals surface area contributed by atoms with Crippen LogP contribution >= 0.6 is 0 Å². The molecule has 1 heterocycles. The quantitative estimate of drug-likeness (QED) is 0.862. The minimum Gasteiger partial charge on any atom is -0.312 e. The predicted molar refractivity (Wildman–Crippen MR) is 76.6 cm³/mol. The molecule has 2 rings (SSSR count). The summed E-state index contributed by atoms with van der Waals surface area (Å²) in [6.07, 6.45) is 1.03. The third-order valence-electron chi connectivity index (χ3n) is 4.21. The van der Waals surface area contributed by atoms with Crippen molar-refractivity contribution >= 4 is 0 Å². The molecule has 1 N–H and O–H groups in total. The summed E-state index contributed by atoms with van der Waals surface area (Å²) in [5.74, 6) is -3.66. The van der Waals surface area contributed by atoms with Gasteiger partial charge in [-0.3, -0.25) is 0 Å². The third-order valence-corrected chi connectivity index (χ3v) is 4.21. The maximum atomic E-state index is 14.1. The molecule has 6 heteroatoms. The van der Waals surface area contributed by atoms with Gasteiger partial charge < -0.3 is 15.1 Å². The number of nitrogens with one attached hydrogen (secondary N) is 1. The summed E-state index contributed by atoms with van der Waals surface area (Å²) in [4.78, 5) is 4.32. The molecule has 3 nitrogen and oxygen atoms in total. The number of hydrogen-bond acceptors (Lipinski definition) is 3. The zero-order valence-electron chi connectivity index (χ0n) is 12.7. The Morgan fingerprint density at radius 2 is 1.86 bits per heavy atom. The second-order valence-electron chi connectivity index (χ2n) is 5.69. The lowest BCUT2D eigenvalue weighted by atomic mass is 9.97. The average Bonchev–Trinajstić information content (AvgIpc) is 2.61. The molecule has 21 heavy (non-hydrogen) atoms. The monoisotopic (exact) mass is 301 g/mol. The van der Waals surface area contributed by atoms with Crippen molar-refractivity contribution in [1.82, 2.24) is 15.1 Å². The van der Waals surface area contributed by atoms with Crippen LogP contribution in [0.3, 0.4) is 0 Å². The van der Waals surface area contributed by atoms with E-state index in [0.29, 0.717) is 0 Å². The van der Waals surface area contributed by atoms with Gasteiger partial charge in [0.25, 0.3) is 0 Å². The molecule has 1 aromatic carbocycles. The Morgan fingerprint density at radius 3 is 2.52 bits per heavy atom. The molecule has 0 radical (unpaired) electrons. The molecule has 1 aliphatic rings. The molecule has 118 valence electrons. The second-order valence-corrected chi connectivity index (χ2v) is 5.69. The van der Waals surface area contributed by atoms with Gasteiger partial charge >= 0.3 is 0 Å². The Kier molecular flexibility index (Phi) is 5.24. The van der Waals surface area contributed by atoms with Crippen LogP contribution in [0.25, 0.3) is 0 Å². The minimum absolute atomic E-state index is 0.0122. The van der Waals surface area contributed by atoms with Gasteiger partial charge in [-0.25, -0.2) is 13.2 Å². The number of benzene rings is 1. The normalized spacial score (nSPS) is 23.0. The van der Waals surface area contributed by atoms with Crippen LogP contribution in [0.15, 0.2) is 12.1 Å². The summed E-state index contributed by atoms with van der Waals surface area (Å²) < 4.78 is 40.7. The van der Waals surface area contributed by atoms with Gasteiger partial charge in [0, 0.05) is 18.2 Å². The van der Waals surface area contributed by atoms with Gasteiger partial charge in [0.05, 0.1) is 6.04 Å². The molecule has 0 amide bonds. The van der Waals surface area contributed by atoms with E-state index in [4.69, 9.17) is 0 Å². The summed E-state index contributed by atoms with van der Waals surface area (Å²) in [7, 11) is 5.70. The van der Waals surface area contributed by atoms with Crippen LogP contribution in [0.2, 0.25) is 0 Å². The van der Waals surface area contributed by atoms with E-state index in [1.807, 2.05) is 14.1 Å². The highest BCUT2D eigenvalue weighted by Gasteiger charge is 2.31. The topological polar surface area (TPSA) is 18.5 Å². The average molecular weight is 301 g/mol. The largest absolute Gasteiger partial charge is 0.312 e. The Balaban J connectivity index is 2.36. The van der Waals surface area contributed by atoms with Crippen molar-refractivity contribution in [1.29, 1.82) is 0 Å². The van der Waals surface area contributed by atoms with Gasteiger partial charge in [-0.05, 0) is 46.7 Å². The SMILES string of the molecule is CNC(c1ccc(F)c(F)c1F)C1CN(C)CCCN1C. The summed E-state index contributed by atoms with van der Waals surface area (Å²) >= 11 is 0. The van der Waals surface area contributed by atoms with Crippen LogP contribution in [0.4, 0.5) is 13.2 Å². The lowest BCUT2D eigenvalue weighted by Gasteiger charge is -2.34. The molecule has 2 unspecified atom stereocenters. The van der Waals surface area contributed by atoms with Crippen molar-refractivity contribution in [3.05, 3.63) is 35.1 Å². The standard InChI is InChI=1S/C15H22F3N3/c1-19-15(10-5-6-11(16)14(18)13(10)17)12-9-20(2)7-4-8-21(12)3/h5-6,12,15,19H,4,7-9H2,1-3H3. The number of hydrogen-bond donors (Lipinski definition) is 1. The van der Waals surface area contributed by atoms with E-state index in [1.54, 1.807) is 7.05 Å². The first-order valence-corrected chi connectivity index (χ1v) is 7.15. The zero-order valence-corrected chi connectivity index (χ0v) is 12.7. The van der Waals surface area contributed by atoms with Crippen molar-refractivity contribution in [3.8, 4) is 0 Å². The highest BCUT2D eigenvalue weighted by molar-refractivity contribution is 5.25. The molecule has 1 aliphatic heterocycles. The first kappa shape index (κ1) is 16.3. The van der Waals surface area contributed by atoms with E-state index >= 15 is 0 Å². The minimum atomic E-state index is -1.41. The molecule has 1 aromatic rings. The van der Waals surface area contributed by atoms with Crippen molar-refractivity contribution in [2.24, 2.45) is 0 Å². The molecule has 0 saturated carbocycles. The Labute approximate surface area is 123 Å². The van der Waals surface area contributed by atoms with E-state index in [0.717, 1.165) is 32.1 Å². The molecular weight excluding hydrogens is 279 g/mol. The van der Waals surface area contributed by atoms with Crippen molar-refractivity contribution in [3.63, 3.8) is 0 Å². The van der Waals surface area contributed by atoms with E-state index in [9.17, 15) is 13.2 Å². The van der Waals surface area contributed by atoms with Gasteiger partial charge in [-0.15, -0.1) is 0 Å². The fourth-order valence-electron chi connectivity index (χ4n) is 3.00. The fourth-order valence-corrected chi connectivity index (χ4v) is 3.00. The molecule has 2 atom stereocenters. The Morgan fingerprint density at radius 1 is 1.14 bits per heavy atom. The fraction of sp³-hybridized carbons (Fsp3) is 0.600. The van der Waals surface area contributed by atoms with Crippen LogP contribution in [0.1, 0.15) is 18.0 Å². The first-order valence-electron chi connectivity index (χ1n) is 7.15. The maximum Gasteiger partial charge on any atom is 0.194 e. The number of rotatable bonds is 3.